The monoisotopic (exact) mass is 271 g/mol. The molecule has 0 saturated heterocycles. The predicted octanol–water partition coefficient (Wildman–Crippen LogP) is 1.63. The van der Waals surface area contributed by atoms with Crippen molar-refractivity contribution in [3.63, 3.8) is 0 Å². The number of halogens is 2. The summed E-state index contributed by atoms with van der Waals surface area (Å²) < 4.78 is 14.7. The Bertz CT molecular complexity index is 743. The third-order valence-electron chi connectivity index (χ3n) is 2.52. The van der Waals surface area contributed by atoms with E-state index in [1.165, 1.54) is 0 Å². The lowest BCUT2D eigenvalue weighted by atomic mass is 10.1. The number of nitrogens with zero attached hydrogens (tertiary/aromatic N) is 2. The molecule has 7 heteroatoms. The van der Waals surface area contributed by atoms with Gasteiger partial charge in [0.15, 0.2) is 11.0 Å². The topological polar surface area (TPSA) is 67.8 Å². The maximum Gasteiger partial charge on any atom is 0.329 e. The zero-order chi connectivity index (χ0) is 13.7. The number of aromatic amines is 1. The quantitative estimate of drug-likeness (QED) is 0.741. The van der Waals surface area contributed by atoms with E-state index in [9.17, 15) is 14.0 Å². The Labute approximate surface area is 106 Å². The molecule has 2 rings (SSSR count). The highest BCUT2D eigenvalue weighted by atomic mass is 35.5. The Balaban J connectivity index is 3.03. The van der Waals surface area contributed by atoms with Crippen LogP contribution in [-0.4, -0.2) is 14.5 Å². The molecule has 0 aliphatic rings. The molecule has 0 spiro atoms. The van der Waals surface area contributed by atoms with E-state index in [2.05, 4.69) is 9.97 Å². The Morgan fingerprint density at radius 1 is 1.39 bits per heavy atom. The van der Waals surface area contributed by atoms with Crippen molar-refractivity contribution in [2.45, 2.75) is 26.3 Å². The molecule has 0 aliphatic carbocycles. The van der Waals surface area contributed by atoms with Crippen molar-refractivity contribution in [1.82, 2.24) is 14.5 Å². The molecule has 0 amide bonds. The van der Waals surface area contributed by atoms with Gasteiger partial charge in [-0.2, -0.15) is 0 Å². The van der Waals surface area contributed by atoms with Gasteiger partial charge in [-0.3, -0.25) is 9.36 Å². The van der Waals surface area contributed by atoms with Gasteiger partial charge in [-0.15, -0.1) is 0 Å². The normalized spacial score (nSPS) is 12.1. The second-order valence-corrected chi connectivity index (χ2v) is 5.25. The van der Waals surface area contributed by atoms with Crippen LogP contribution in [0.4, 0.5) is 4.39 Å². The standard InChI is InChI=1S/C11H11ClFN3O2/c1-11(2,3)16-9(17)5-4-14-8(12)6(13)7(5)15-10(16)18/h4H,1-3H3,(H,15,18). The fourth-order valence-electron chi connectivity index (χ4n) is 1.73. The van der Waals surface area contributed by atoms with Gasteiger partial charge in [0.1, 0.15) is 0 Å². The summed E-state index contributed by atoms with van der Waals surface area (Å²) in [5.41, 5.74) is -2.20. The number of rotatable bonds is 0. The van der Waals surface area contributed by atoms with E-state index in [1.807, 2.05) is 0 Å². The lowest BCUT2D eigenvalue weighted by molar-refractivity contribution is 0.369. The number of fused-ring (bicyclic) bond motifs is 1. The van der Waals surface area contributed by atoms with Crippen LogP contribution in [0, 0.1) is 5.82 Å². The van der Waals surface area contributed by atoms with Crippen molar-refractivity contribution < 1.29 is 4.39 Å². The van der Waals surface area contributed by atoms with Gasteiger partial charge in [-0.1, -0.05) is 11.6 Å². The van der Waals surface area contributed by atoms with Crippen molar-refractivity contribution in [2.75, 3.05) is 0 Å². The highest BCUT2D eigenvalue weighted by Crippen LogP contribution is 2.18. The van der Waals surface area contributed by atoms with Crippen LogP contribution < -0.4 is 11.2 Å². The summed E-state index contributed by atoms with van der Waals surface area (Å²) in [6, 6.07) is 0. The van der Waals surface area contributed by atoms with E-state index in [-0.39, 0.29) is 16.1 Å². The highest BCUT2D eigenvalue weighted by Gasteiger charge is 2.21. The van der Waals surface area contributed by atoms with Gasteiger partial charge in [0.05, 0.1) is 10.9 Å². The first-order valence-electron chi connectivity index (χ1n) is 5.23. The molecule has 5 nitrogen and oxygen atoms in total. The van der Waals surface area contributed by atoms with Gasteiger partial charge < -0.3 is 4.98 Å². The van der Waals surface area contributed by atoms with Crippen molar-refractivity contribution in [3.05, 3.63) is 38.0 Å². The average Bonchev–Trinajstić information content (AvgIpc) is 2.22. The van der Waals surface area contributed by atoms with Crippen LogP contribution in [0.25, 0.3) is 10.9 Å². The SMILES string of the molecule is CC(C)(C)n1c(=O)[nH]c2c(F)c(Cl)ncc2c1=O. The summed E-state index contributed by atoms with van der Waals surface area (Å²) in [6.45, 7) is 5.11. The average molecular weight is 272 g/mol. The molecular formula is C11H11ClFN3O2. The lowest BCUT2D eigenvalue weighted by Crippen LogP contribution is -2.44. The van der Waals surface area contributed by atoms with Crippen LogP contribution in [0.5, 0.6) is 0 Å². The maximum absolute atomic E-state index is 13.7. The van der Waals surface area contributed by atoms with Crippen LogP contribution in [-0.2, 0) is 5.54 Å². The first-order valence-corrected chi connectivity index (χ1v) is 5.61. The Morgan fingerprint density at radius 3 is 2.56 bits per heavy atom. The fourth-order valence-corrected chi connectivity index (χ4v) is 1.88. The van der Waals surface area contributed by atoms with Crippen molar-refractivity contribution in [3.8, 4) is 0 Å². The largest absolute Gasteiger partial charge is 0.329 e. The molecule has 0 unspecified atom stereocenters. The molecule has 0 atom stereocenters. The summed E-state index contributed by atoms with van der Waals surface area (Å²) in [6.07, 6.45) is 1.15. The molecule has 1 N–H and O–H groups in total. The molecule has 0 aromatic carbocycles. The van der Waals surface area contributed by atoms with E-state index in [4.69, 9.17) is 11.6 Å². The molecule has 0 fully saturated rings. The van der Waals surface area contributed by atoms with E-state index < -0.39 is 22.6 Å². The minimum atomic E-state index is -0.899. The molecule has 0 aliphatic heterocycles. The molecule has 2 heterocycles. The van der Waals surface area contributed by atoms with Crippen LogP contribution in [0.2, 0.25) is 5.15 Å². The van der Waals surface area contributed by atoms with Gasteiger partial charge in [-0.25, -0.2) is 14.2 Å². The minimum Gasteiger partial charge on any atom is -0.304 e. The summed E-state index contributed by atoms with van der Waals surface area (Å²) in [7, 11) is 0. The number of aromatic nitrogens is 3. The predicted molar refractivity (Wildman–Crippen MR) is 66.6 cm³/mol. The molecule has 2 aromatic heterocycles. The van der Waals surface area contributed by atoms with Crippen molar-refractivity contribution in [1.29, 1.82) is 0 Å². The van der Waals surface area contributed by atoms with Gasteiger partial charge in [0.2, 0.25) is 0 Å². The molecular weight excluding hydrogens is 261 g/mol. The van der Waals surface area contributed by atoms with Crippen LogP contribution >= 0.6 is 11.6 Å². The Morgan fingerprint density at radius 2 is 2.00 bits per heavy atom. The smallest absolute Gasteiger partial charge is 0.304 e. The third kappa shape index (κ3) is 1.82. The molecule has 0 saturated carbocycles. The van der Waals surface area contributed by atoms with Crippen molar-refractivity contribution in [2.24, 2.45) is 0 Å². The first kappa shape index (κ1) is 12.8. The zero-order valence-electron chi connectivity index (χ0n) is 10.0. The fraction of sp³-hybridized carbons (Fsp3) is 0.364. The minimum absolute atomic E-state index is 0.00794. The summed E-state index contributed by atoms with van der Waals surface area (Å²) >= 11 is 5.51. The lowest BCUT2D eigenvalue weighted by Gasteiger charge is -2.21. The highest BCUT2D eigenvalue weighted by molar-refractivity contribution is 6.30. The van der Waals surface area contributed by atoms with E-state index in [1.54, 1.807) is 20.8 Å². The molecule has 18 heavy (non-hydrogen) atoms. The van der Waals surface area contributed by atoms with Crippen molar-refractivity contribution >= 4 is 22.5 Å². The van der Waals surface area contributed by atoms with Crippen LogP contribution in [0.15, 0.2) is 15.8 Å². The number of H-pyrrole nitrogens is 1. The second kappa shape index (κ2) is 3.91. The zero-order valence-corrected chi connectivity index (χ0v) is 10.8. The van der Waals surface area contributed by atoms with E-state index in [0.29, 0.717) is 0 Å². The summed E-state index contributed by atoms with van der Waals surface area (Å²) in [4.78, 5) is 29.9. The molecule has 0 bridgehead atoms. The first-order chi connectivity index (χ1) is 8.23. The Kier molecular flexibility index (Phi) is 2.77. The third-order valence-corrected chi connectivity index (χ3v) is 2.78. The number of nitrogens with one attached hydrogen (secondary N) is 1. The maximum atomic E-state index is 13.7. The molecule has 96 valence electrons. The van der Waals surface area contributed by atoms with Gasteiger partial charge in [0.25, 0.3) is 5.56 Å². The van der Waals surface area contributed by atoms with Crippen LogP contribution in [0.1, 0.15) is 20.8 Å². The molecule has 0 radical (unpaired) electrons. The Hall–Kier alpha value is -1.69. The van der Waals surface area contributed by atoms with Crippen LogP contribution in [0.3, 0.4) is 0 Å². The van der Waals surface area contributed by atoms with Gasteiger partial charge in [-0.05, 0) is 20.8 Å². The number of hydrogen-bond donors (Lipinski definition) is 1. The van der Waals surface area contributed by atoms with Gasteiger partial charge >= 0.3 is 5.69 Å². The van der Waals surface area contributed by atoms with E-state index in [0.717, 1.165) is 10.8 Å². The molecule has 2 aromatic rings. The number of hydrogen-bond acceptors (Lipinski definition) is 3. The summed E-state index contributed by atoms with van der Waals surface area (Å²) in [5, 5.41) is -0.391. The van der Waals surface area contributed by atoms with Gasteiger partial charge in [0, 0.05) is 11.7 Å². The summed E-state index contributed by atoms with van der Waals surface area (Å²) in [5.74, 6) is -0.899. The second-order valence-electron chi connectivity index (χ2n) is 4.89. The van der Waals surface area contributed by atoms with E-state index >= 15 is 0 Å². The number of pyridine rings is 1.